The minimum atomic E-state index is -0.478. The van der Waals surface area contributed by atoms with Crippen molar-refractivity contribution in [3.8, 4) is 11.5 Å². The molecule has 2 aromatic rings. The summed E-state index contributed by atoms with van der Waals surface area (Å²) in [6.45, 7) is 0.436. The van der Waals surface area contributed by atoms with E-state index >= 15 is 0 Å². The van der Waals surface area contributed by atoms with Crippen molar-refractivity contribution in [2.75, 3.05) is 7.05 Å². The van der Waals surface area contributed by atoms with E-state index in [9.17, 15) is 8.78 Å². The fraction of sp³-hybridized carbons (Fsp3) is 0.143. The van der Waals surface area contributed by atoms with Gasteiger partial charge in [-0.15, -0.1) is 0 Å². The second kappa shape index (κ2) is 6.12. The molecule has 0 bridgehead atoms. The second-order valence-electron chi connectivity index (χ2n) is 3.96. The summed E-state index contributed by atoms with van der Waals surface area (Å²) in [5.41, 5.74) is 0.629. The Bertz CT molecular complexity index is 590. The molecule has 2 rings (SSSR count). The highest BCUT2D eigenvalue weighted by atomic mass is 79.9. The van der Waals surface area contributed by atoms with E-state index in [1.54, 1.807) is 13.1 Å². The molecule has 100 valence electrons. The molecule has 0 heterocycles. The van der Waals surface area contributed by atoms with Gasteiger partial charge in [0.15, 0.2) is 11.6 Å². The summed E-state index contributed by atoms with van der Waals surface area (Å²) in [6.07, 6.45) is 0. The maximum atomic E-state index is 13.7. The lowest BCUT2D eigenvalue weighted by atomic mass is 10.2. The molecule has 0 radical (unpaired) electrons. The van der Waals surface area contributed by atoms with Crippen LogP contribution >= 0.6 is 15.9 Å². The summed E-state index contributed by atoms with van der Waals surface area (Å²) in [6, 6.07) is 8.65. The standard InChI is InChI=1S/C14H12BrF2NO/c1-18-8-9-6-11(16)3-5-13(9)19-14-4-2-10(15)7-12(14)17/h2-7,18H,8H2,1H3. The van der Waals surface area contributed by atoms with Gasteiger partial charge in [0.25, 0.3) is 0 Å². The van der Waals surface area contributed by atoms with Gasteiger partial charge in [-0.05, 0) is 43.4 Å². The Morgan fingerprint density at radius 1 is 1.11 bits per heavy atom. The van der Waals surface area contributed by atoms with Crippen LogP contribution < -0.4 is 10.1 Å². The Kier molecular flexibility index (Phi) is 4.50. The molecule has 2 nitrogen and oxygen atoms in total. The zero-order valence-corrected chi connectivity index (χ0v) is 11.8. The van der Waals surface area contributed by atoms with Crippen LogP contribution in [-0.2, 0) is 6.54 Å². The Balaban J connectivity index is 2.32. The average molecular weight is 328 g/mol. The topological polar surface area (TPSA) is 21.3 Å². The number of ether oxygens (including phenoxy) is 1. The molecule has 0 amide bonds. The van der Waals surface area contributed by atoms with Gasteiger partial charge in [0.05, 0.1) is 0 Å². The van der Waals surface area contributed by atoms with E-state index in [0.29, 0.717) is 22.3 Å². The number of halogens is 3. The SMILES string of the molecule is CNCc1cc(F)ccc1Oc1ccc(Br)cc1F. The smallest absolute Gasteiger partial charge is 0.166 e. The molecule has 5 heteroatoms. The fourth-order valence-corrected chi connectivity index (χ4v) is 1.99. The maximum absolute atomic E-state index is 13.7. The lowest BCUT2D eigenvalue weighted by molar-refractivity contribution is 0.435. The minimum Gasteiger partial charge on any atom is -0.454 e. The van der Waals surface area contributed by atoms with Crippen molar-refractivity contribution < 1.29 is 13.5 Å². The van der Waals surface area contributed by atoms with Crippen molar-refractivity contribution in [3.63, 3.8) is 0 Å². The van der Waals surface area contributed by atoms with Gasteiger partial charge in [-0.1, -0.05) is 15.9 Å². The molecule has 0 saturated heterocycles. The van der Waals surface area contributed by atoms with Gasteiger partial charge in [-0.25, -0.2) is 8.78 Å². The van der Waals surface area contributed by atoms with Crippen molar-refractivity contribution >= 4 is 15.9 Å². The quantitative estimate of drug-likeness (QED) is 0.906. The van der Waals surface area contributed by atoms with Crippen molar-refractivity contribution in [1.82, 2.24) is 5.32 Å². The van der Waals surface area contributed by atoms with Crippen LogP contribution in [0.1, 0.15) is 5.56 Å². The average Bonchev–Trinajstić information content (AvgIpc) is 2.36. The highest BCUT2D eigenvalue weighted by molar-refractivity contribution is 9.10. The number of benzene rings is 2. The van der Waals surface area contributed by atoms with Crippen LogP contribution in [0.25, 0.3) is 0 Å². The number of rotatable bonds is 4. The zero-order valence-electron chi connectivity index (χ0n) is 10.2. The third-order valence-electron chi connectivity index (χ3n) is 2.50. The van der Waals surface area contributed by atoms with Crippen molar-refractivity contribution in [2.45, 2.75) is 6.54 Å². The maximum Gasteiger partial charge on any atom is 0.166 e. The van der Waals surface area contributed by atoms with Crippen LogP contribution in [0.15, 0.2) is 40.9 Å². The molecule has 19 heavy (non-hydrogen) atoms. The predicted molar refractivity (Wildman–Crippen MR) is 73.3 cm³/mol. The Labute approximate surface area is 118 Å². The zero-order chi connectivity index (χ0) is 13.8. The monoisotopic (exact) mass is 327 g/mol. The highest BCUT2D eigenvalue weighted by Gasteiger charge is 2.09. The first-order chi connectivity index (χ1) is 9.10. The fourth-order valence-electron chi connectivity index (χ4n) is 1.65. The lowest BCUT2D eigenvalue weighted by Gasteiger charge is -2.12. The third-order valence-corrected chi connectivity index (χ3v) is 3.00. The van der Waals surface area contributed by atoms with Gasteiger partial charge in [0.1, 0.15) is 11.6 Å². The van der Waals surface area contributed by atoms with E-state index in [-0.39, 0.29) is 11.6 Å². The Morgan fingerprint density at radius 3 is 2.53 bits per heavy atom. The normalized spacial score (nSPS) is 10.5. The predicted octanol–water partition coefficient (Wildman–Crippen LogP) is 4.24. The molecule has 0 unspecified atom stereocenters. The van der Waals surface area contributed by atoms with Crippen molar-refractivity contribution in [2.24, 2.45) is 0 Å². The van der Waals surface area contributed by atoms with Crippen LogP contribution in [0.3, 0.4) is 0 Å². The first kappa shape index (κ1) is 14.0. The minimum absolute atomic E-state index is 0.104. The molecule has 0 aliphatic rings. The number of hydrogen-bond donors (Lipinski definition) is 1. The van der Waals surface area contributed by atoms with E-state index in [1.165, 1.54) is 30.3 Å². The molecule has 0 aliphatic heterocycles. The van der Waals surface area contributed by atoms with Gasteiger partial charge in [-0.2, -0.15) is 0 Å². The first-order valence-corrected chi connectivity index (χ1v) is 6.45. The van der Waals surface area contributed by atoms with E-state index < -0.39 is 5.82 Å². The Morgan fingerprint density at radius 2 is 1.84 bits per heavy atom. The van der Waals surface area contributed by atoms with E-state index in [1.807, 2.05) is 0 Å². The van der Waals surface area contributed by atoms with Crippen LogP contribution in [0, 0.1) is 11.6 Å². The molecular formula is C14H12BrF2NO. The van der Waals surface area contributed by atoms with Crippen LogP contribution in [-0.4, -0.2) is 7.05 Å². The summed E-state index contributed by atoms with van der Waals surface area (Å²) in [5, 5.41) is 2.91. The number of hydrogen-bond acceptors (Lipinski definition) is 2. The van der Waals surface area contributed by atoms with Gasteiger partial charge in [0, 0.05) is 16.6 Å². The molecule has 0 aromatic heterocycles. The van der Waals surface area contributed by atoms with E-state index in [2.05, 4.69) is 21.2 Å². The molecule has 0 aliphatic carbocycles. The summed E-state index contributed by atoms with van der Waals surface area (Å²) < 4.78 is 33.0. The molecule has 0 saturated carbocycles. The largest absolute Gasteiger partial charge is 0.454 e. The second-order valence-corrected chi connectivity index (χ2v) is 4.87. The lowest BCUT2D eigenvalue weighted by Crippen LogP contribution is -2.07. The number of nitrogens with one attached hydrogen (secondary N) is 1. The summed E-state index contributed by atoms with van der Waals surface area (Å²) in [4.78, 5) is 0. The molecule has 0 fully saturated rings. The molecule has 2 aromatic carbocycles. The van der Waals surface area contributed by atoms with Crippen LogP contribution in [0.2, 0.25) is 0 Å². The summed E-state index contributed by atoms with van der Waals surface area (Å²) in [7, 11) is 1.74. The van der Waals surface area contributed by atoms with Gasteiger partial charge in [-0.3, -0.25) is 0 Å². The van der Waals surface area contributed by atoms with E-state index in [4.69, 9.17) is 4.74 Å². The summed E-state index contributed by atoms with van der Waals surface area (Å²) >= 11 is 3.18. The van der Waals surface area contributed by atoms with E-state index in [0.717, 1.165) is 0 Å². The molecule has 0 spiro atoms. The van der Waals surface area contributed by atoms with Gasteiger partial charge < -0.3 is 10.1 Å². The third kappa shape index (κ3) is 3.52. The molecular weight excluding hydrogens is 316 g/mol. The van der Waals surface area contributed by atoms with Crippen LogP contribution in [0.4, 0.5) is 8.78 Å². The first-order valence-electron chi connectivity index (χ1n) is 5.66. The van der Waals surface area contributed by atoms with Crippen LogP contribution in [0.5, 0.6) is 11.5 Å². The van der Waals surface area contributed by atoms with Crippen molar-refractivity contribution in [1.29, 1.82) is 0 Å². The van der Waals surface area contributed by atoms with Gasteiger partial charge in [0.2, 0.25) is 0 Å². The molecule has 1 N–H and O–H groups in total. The van der Waals surface area contributed by atoms with Gasteiger partial charge >= 0.3 is 0 Å². The highest BCUT2D eigenvalue weighted by Crippen LogP contribution is 2.29. The molecule has 0 atom stereocenters. The van der Waals surface area contributed by atoms with Crippen molar-refractivity contribution in [3.05, 3.63) is 58.1 Å². The Hall–Kier alpha value is -1.46. The summed E-state index contributed by atoms with van der Waals surface area (Å²) in [5.74, 6) is -0.299.